The SMILES string of the molecule is COc1cc2c(CC[N+](=O)[O-])c[nH]c2cc1C. The van der Waals surface area contributed by atoms with E-state index in [0.717, 1.165) is 27.8 Å². The fourth-order valence-electron chi connectivity index (χ4n) is 1.95. The molecule has 0 aliphatic rings. The molecule has 1 N–H and O–H groups in total. The molecule has 90 valence electrons. The number of fused-ring (bicyclic) bond motifs is 1. The molecule has 0 atom stereocenters. The van der Waals surface area contributed by atoms with Gasteiger partial charge in [0.1, 0.15) is 5.75 Å². The zero-order valence-corrected chi connectivity index (χ0v) is 9.82. The van der Waals surface area contributed by atoms with E-state index >= 15 is 0 Å². The second-order valence-corrected chi connectivity index (χ2v) is 3.99. The summed E-state index contributed by atoms with van der Waals surface area (Å²) in [5, 5.41) is 11.4. The molecule has 0 radical (unpaired) electrons. The quantitative estimate of drug-likeness (QED) is 0.652. The highest BCUT2D eigenvalue weighted by Crippen LogP contribution is 2.27. The first kappa shape index (κ1) is 11.4. The van der Waals surface area contributed by atoms with Crippen molar-refractivity contribution in [3.05, 3.63) is 39.6 Å². The van der Waals surface area contributed by atoms with Crippen molar-refractivity contribution in [2.45, 2.75) is 13.3 Å². The Balaban J connectivity index is 2.41. The van der Waals surface area contributed by atoms with Crippen molar-refractivity contribution in [2.24, 2.45) is 0 Å². The first-order valence-electron chi connectivity index (χ1n) is 5.38. The number of benzene rings is 1. The van der Waals surface area contributed by atoms with E-state index in [-0.39, 0.29) is 11.5 Å². The Hall–Kier alpha value is -2.04. The van der Waals surface area contributed by atoms with Crippen LogP contribution in [-0.2, 0) is 6.42 Å². The van der Waals surface area contributed by atoms with Crippen molar-refractivity contribution >= 4 is 10.9 Å². The van der Waals surface area contributed by atoms with Crippen LogP contribution in [-0.4, -0.2) is 23.6 Å². The van der Waals surface area contributed by atoms with Crippen LogP contribution in [0.4, 0.5) is 0 Å². The number of nitrogens with zero attached hydrogens (tertiary/aromatic N) is 1. The highest BCUT2D eigenvalue weighted by atomic mass is 16.6. The van der Waals surface area contributed by atoms with Crippen LogP contribution in [0.3, 0.4) is 0 Å². The first-order valence-corrected chi connectivity index (χ1v) is 5.38. The molecule has 0 saturated carbocycles. The second-order valence-electron chi connectivity index (χ2n) is 3.99. The van der Waals surface area contributed by atoms with Crippen molar-refractivity contribution in [3.8, 4) is 5.75 Å². The minimum atomic E-state index is -0.301. The molecule has 1 aromatic heterocycles. The van der Waals surface area contributed by atoms with Crippen molar-refractivity contribution in [3.63, 3.8) is 0 Å². The smallest absolute Gasteiger partial charge is 0.207 e. The highest BCUT2D eigenvalue weighted by molar-refractivity contribution is 5.85. The Morgan fingerprint density at radius 2 is 2.24 bits per heavy atom. The van der Waals surface area contributed by atoms with Gasteiger partial charge in [0.2, 0.25) is 6.54 Å². The van der Waals surface area contributed by atoms with E-state index in [1.807, 2.05) is 25.3 Å². The highest BCUT2D eigenvalue weighted by Gasteiger charge is 2.09. The molecule has 2 rings (SSSR count). The number of nitrogens with one attached hydrogen (secondary N) is 1. The van der Waals surface area contributed by atoms with Gasteiger partial charge in [0.25, 0.3) is 0 Å². The molecule has 5 heteroatoms. The van der Waals surface area contributed by atoms with Gasteiger partial charge in [-0.15, -0.1) is 0 Å². The van der Waals surface area contributed by atoms with Gasteiger partial charge < -0.3 is 9.72 Å². The summed E-state index contributed by atoms with van der Waals surface area (Å²) in [7, 11) is 1.62. The van der Waals surface area contributed by atoms with Crippen LogP contribution >= 0.6 is 0 Å². The lowest BCUT2D eigenvalue weighted by molar-refractivity contribution is -0.479. The third-order valence-corrected chi connectivity index (χ3v) is 2.85. The lowest BCUT2D eigenvalue weighted by atomic mass is 10.1. The van der Waals surface area contributed by atoms with Crippen molar-refractivity contribution in [2.75, 3.05) is 13.7 Å². The number of hydrogen-bond donors (Lipinski definition) is 1. The number of ether oxygens (including phenoxy) is 1. The van der Waals surface area contributed by atoms with Gasteiger partial charge in [0.05, 0.1) is 7.11 Å². The van der Waals surface area contributed by atoms with Crippen LogP contribution in [0, 0.1) is 17.0 Å². The van der Waals surface area contributed by atoms with Gasteiger partial charge in [-0.05, 0) is 30.2 Å². The molecule has 0 aliphatic heterocycles. The topological polar surface area (TPSA) is 68.2 Å². The number of methoxy groups -OCH3 is 1. The zero-order valence-electron chi connectivity index (χ0n) is 9.82. The van der Waals surface area contributed by atoms with Crippen molar-refractivity contribution in [1.82, 2.24) is 4.98 Å². The van der Waals surface area contributed by atoms with E-state index < -0.39 is 0 Å². The van der Waals surface area contributed by atoms with Crippen molar-refractivity contribution < 1.29 is 9.66 Å². The number of nitro groups is 1. The molecule has 0 spiro atoms. The summed E-state index contributed by atoms with van der Waals surface area (Å²) in [5.41, 5.74) is 2.99. The Labute approximate surface area is 98.5 Å². The van der Waals surface area contributed by atoms with E-state index in [2.05, 4.69) is 4.98 Å². The summed E-state index contributed by atoms with van der Waals surface area (Å²) < 4.78 is 5.26. The number of hydrogen-bond acceptors (Lipinski definition) is 3. The molecule has 17 heavy (non-hydrogen) atoms. The summed E-state index contributed by atoms with van der Waals surface area (Å²) in [6.07, 6.45) is 2.26. The maximum Gasteiger partial charge on any atom is 0.207 e. The molecular formula is C12H14N2O3. The number of aryl methyl sites for hydroxylation is 1. The molecule has 0 saturated heterocycles. The maximum absolute atomic E-state index is 10.4. The fourth-order valence-corrected chi connectivity index (χ4v) is 1.95. The van der Waals surface area contributed by atoms with Crippen LogP contribution in [0.25, 0.3) is 10.9 Å². The van der Waals surface area contributed by atoms with Crippen LogP contribution in [0.15, 0.2) is 18.3 Å². The Bertz CT molecular complexity index is 560. The predicted molar refractivity (Wildman–Crippen MR) is 65.2 cm³/mol. The monoisotopic (exact) mass is 234 g/mol. The molecule has 0 fully saturated rings. The minimum absolute atomic E-state index is 0.0524. The average Bonchev–Trinajstić information content (AvgIpc) is 2.67. The Morgan fingerprint density at radius 1 is 1.47 bits per heavy atom. The standard InChI is InChI=1S/C12H14N2O3/c1-8-5-11-10(6-12(8)17-2)9(7-13-11)3-4-14(15)16/h5-7,13H,3-4H2,1-2H3. The number of H-pyrrole nitrogens is 1. The second kappa shape index (κ2) is 4.45. The molecule has 5 nitrogen and oxygen atoms in total. The van der Waals surface area contributed by atoms with E-state index in [0.29, 0.717) is 6.42 Å². The summed E-state index contributed by atoms with van der Waals surface area (Å²) in [5.74, 6) is 0.805. The maximum atomic E-state index is 10.4. The first-order chi connectivity index (χ1) is 8.11. The lowest BCUT2D eigenvalue weighted by Crippen LogP contribution is -2.03. The minimum Gasteiger partial charge on any atom is -0.496 e. The normalized spacial score (nSPS) is 10.7. The fraction of sp³-hybridized carbons (Fsp3) is 0.333. The van der Waals surface area contributed by atoms with Gasteiger partial charge in [-0.2, -0.15) is 0 Å². The van der Waals surface area contributed by atoms with Crippen LogP contribution in [0.2, 0.25) is 0 Å². The van der Waals surface area contributed by atoms with Crippen LogP contribution in [0.5, 0.6) is 5.75 Å². The summed E-state index contributed by atoms with van der Waals surface area (Å²) in [6.45, 7) is 1.92. The predicted octanol–water partition coefficient (Wildman–Crippen LogP) is 2.30. The third kappa shape index (κ3) is 2.22. The van der Waals surface area contributed by atoms with Crippen LogP contribution in [0.1, 0.15) is 11.1 Å². The van der Waals surface area contributed by atoms with E-state index in [1.54, 1.807) is 7.11 Å². The van der Waals surface area contributed by atoms with Gasteiger partial charge in [-0.1, -0.05) is 0 Å². The summed E-state index contributed by atoms with van der Waals surface area (Å²) in [4.78, 5) is 13.2. The molecule has 0 unspecified atom stereocenters. The molecule has 0 bridgehead atoms. The average molecular weight is 234 g/mol. The zero-order chi connectivity index (χ0) is 12.4. The molecule has 0 aliphatic carbocycles. The Morgan fingerprint density at radius 3 is 2.88 bits per heavy atom. The third-order valence-electron chi connectivity index (χ3n) is 2.85. The largest absolute Gasteiger partial charge is 0.496 e. The summed E-state index contributed by atoms with van der Waals surface area (Å²) >= 11 is 0. The molecular weight excluding hydrogens is 220 g/mol. The van der Waals surface area contributed by atoms with Gasteiger partial charge in [-0.3, -0.25) is 10.1 Å². The van der Waals surface area contributed by atoms with Gasteiger partial charge >= 0.3 is 0 Å². The van der Waals surface area contributed by atoms with E-state index in [1.165, 1.54) is 0 Å². The molecule has 2 aromatic rings. The molecule has 1 aromatic carbocycles. The van der Waals surface area contributed by atoms with Gasteiger partial charge in [0.15, 0.2) is 0 Å². The number of aromatic nitrogens is 1. The molecule has 0 amide bonds. The molecule has 1 heterocycles. The van der Waals surface area contributed by atoms with Gasteiger partial charge in [0, 0.05) is 28.4 Å². The van der Waals surface area contributed by atoms with E-state index in [4.69, 9.17) is 4.74 Å². The lowest BCUT2D eigenvalue weighted by Gasteiger charge is -2.05. The van der Waals surface area contributed by atoms with Crippen LogP contribution < -0.4 is 4.74 Å². The van der Waals surface area contributed by atoms with E-state index in [9.17, 15) is 10.1 Å². The van der Waals surface area contributed by atoms with Gasteiger partial charge in [-0.25, -0.2) is 0 Å². The Kier molecular flexibility index (Phi) is 2.99. The summed E-state index contributed by atoms with van der Waals surface area (Å²) in [6, 6.07) is 3.92. The number of aromatic amines is 1. The number of rotatable bonds is 4. The van der Waals surface area contributed by atoms with Crippen molar-refractivity contribution in [1.29, 1.82) is 0 Å².